The van der Waals surface area contributed by atoms with Crippen molar-refractivity contribution in [3.8, 4) is 0 Å². The van der Waals surface area contributed by atoms with Gasteiger partial charge in [0.1, 0.15) is 6.29 Å². The Bertz CT molecular complexity index is 229. The summed E-state index contributed by atoms with van der Waals surface area (Å²) >= 11 is 0. The molecule has 1 rings (SSSR count). The Kier molecular flexibility index (Phi) is 6.55. The largest absolute Gasteiger partial charge is 0.399 e. The van der Waals surface area contributed by atoms with Crippen LogP contribution in [0.1, 0.15) is 17.3 Å². The first-order valence-electron chi connectivity index (χ1n) is 4.04. The van der Waals surface area contributed by atoms with Crippen LogP contribution in [-0.4, -0.2) is 20.0 Å². The molecule has 0 amide bonds. The summed E-state index contributed by atoms with van der Waals surface area (Å²) in [6, 6.07) is 6.76. The predicted molar refractivity (Wildman–Crippen MR) is 53.8 cm³/mol. The zero-order valence-electron chi connectivity index (χ0n) is 7.99. The summed E-state index contributed by atoms with van der Waals surface area (Å²) < 4.78 is 4.54. The number of aldehydes is 1. The highest BCUT2D eigenvalue weighted by molar-refractivity contribution is 5.75. The molecule has 0 radical (unpaired) electrons. The van der Waals surface area contributed by atoms with Crippen LogP contribution in [0.2, 0.25) is 0 Å². The van der Waals surface area contributed by atoms with E-state index in [1.54, 1.807) is 31.4 Å². The molecule has 0 heterocycles. The molecular weight excluding hydrogens is 166 g/mol. The van der Waals surface area contributed by atoms with Crippen LogP contribution in [0.4, 0.5) is 5.69 Å². The molecule has 0 aliphatic heterocycles. The molecule has 0 fully saturated rings. The Balaban J connectivity index is 0.000000310. The maximum Gasteiger partial charge on any atom is 0.150 e. The molecule has 0 unspecified atom stereocenters. The second-order valence-electron chi connectivity index (χ2n) is 2.36. The first kappa shape index (κ1) is 11.6. The molecule has 0 aliphatic carbocycles. The third-order valence-corrected chi connectivity index (χ3v) is 1.36. The van der Waals surface area contributed by atoms with Gasteiger partial charge in [0.25, 0.3) is 0 Å². The van der Waals surface area contributed by atoms with Crippen molar-refractivity contribution >= 4 is 12.0 Å². The van der Waals surface area contributed by atoms with Crippen LogP contribution in [0.15, 0.2) is 24.3 Å². The molecule has 0 saturated heterocycles. The van der Waals surface area contributed by atoms with Gasteiger partial charge in [0.2, 0.25) is 0 Å². The second-order valence-corrected chi connectivity index (χ2v) is 2.36. The van der Waals surface area contributed by atoms with Crippen molar-refractivity contribution in [3.63, 3.8) is 0 Å². The number of anilines is 1. The van der Waals surface area contributed by atoms with E-state index >= 15 is 0 Å². The van der Waals surface area contributed by atoms with E-state index in [0.29, 0.717) is 11.3 Å². The van der Waals surface area contributed by atoms with Gasteiger partial charge >= 0.3 is 0 Å². The molecule has 13 heavy (non-hydrogen) atoms. The predicted octanol–water partition coefficient (Wildman–Crippen LogP) is 1.73. The molecule has 0 aromatic heterocycles. The Hall–Kier alpha value is -1.35. The molecule has 3 nitrogen and oxygen atoms in total. The van der Waals surface area contributed by atoms with E-state index in [1.165, 1.54) is 0 Å². The van der Waals surface area contributed by atoms with Gasteiger partial charge in [-0.05, 0) is 31.2 Å². The Labute approximate surface area is 78.5 Å². The van der Waals surface area contributed by atoms with Crippen molar-refractivity contribution in [3.05, 3.63) is 29.8 Å². The fourth-order valence-corrected chi connectivity index (χ4v) is 0.575. The van der Waals surface area contributed by atoms with Crippen LogP contribution in [0.25, 0.3) is 0 Å². The normalized spacial score (nSPS) is 8.46. The van der Waals surface area contributed by atoms with E-state index < -0.39 is 0 Å². The fourth-order valence-electron chi connectivity index (χ4n) is 0.575. The molecule has 0 bridgehead atoms. The lowest BCUT2D eigenvalue weighted by Gasteiger charge is -1.89. The van der Waals surface area contributed by atoms with Crippen LogP contribution >= 0.6 is 0 Å². The summed E-state index contributed by atoms with van der Waals surface area (Å²) in [6.07, 6.45) is 0.791. The number of methoxy groups -OCH3 is 1. The van der Waals surface area contributed by atoms with Crippen molar-refractivity contribution in [2.75, 3.05) is 19.5 Å². The van der Waals surface area contributed by atoms with E-state index in [2.05, 4.69) is 4.74 Å². The smallest absolute Gasteiger partial charge is 0.150 e. The van der Waals surface area contributed by atoms with Crippen LogP contribution in [-0.2, 0) is 4.74 Å². The summed E-state index contributed by atoms with van der Waals surface area (Å²) in [5.74, 6) is 0. The van der Waals surface area contributed by atoms with Gasteiger partial charge in [-0.1, -0.05) is 0 Å². The van der Waals surface area contributed by atoms with Crippen molar-refractivity contribution in [2.24, 2.45) is 0 Å². The van der Waals surface area contributed by atoms with Gasteiger partial charge in [0.15, 0.2) is 0 Å². The van der Waals surface area contributed by atoms with Crippen molar-refractivity contribution < 1.29 is 9.53 Å². The standard InChI is InChI=1S/C7H7NO.C3H8O/c8-7-3-1-6(5-9)2-4-7;1-3-4-2/h1-5H,8H2;3H2,1-2H3. The Morgan fingerprint density at radius 3 is 2.15 bits per heavy atom. The Morgan fingerprint density at radius 2 is 1.85 bits per heavy atom. The van der Waals surface area contributed by atoms with Crippen LogP contribution < -0.4 is 5.73 Å². The van der Waals surface area contributed by atoms with Gasteiger partial charge < -0.3 is 10.5 Å². The maximum atomic E-state index is 10.1. The van der Waals surface area contributed by atoms with E-state index in [-0.39, 0.29) is 0 Å². The first-order valence-corrected chi connectivity index (χ1v) is 4.04. The van der Waals surface area contributed by atoms with Gasteiger partial charge in [-0.25, -0.2) is 0 Å². The number of carbonyl (C=O) groups is 1. The lowest BCUT2D eigenvalue weighted by molar-refractivity contribution is 0.112. The summed E-state index contributed by atoms with van der Waals surface area (Å²) in [5.41, 5.74) is 6.70. The minimum Gasteiger partial charge on any atom is -0.399 e. The molecule has 3 heteroatoms. The van der Waals surface area contributed by atoms with Crippen molar-refractivity contribution in [1.82, 2.24) is 0 Å². The first-order chi connectivity index (χ1) is 6.24. The monoisotopic (exact) mass is 181 g/mol. The molecule has 1 aromatic rings. The number of ether oxygens (including phenoxy) is 1. The second kappa shape index (κ2) is 7.31. The minimum absolute atomic E-state index is 0.657. The van der Waals surface area contributed by atoms with Gasteiger partial charge in [-0.3, -0.25) is 4.79 Å². The molecule has 2 N–H and O–H groups in total. The maximum absolute atomic E-state index is 10.1. The summed E-state index contributed by atoms with van der Waals surface area (Å²) in [4.78, 5) is 10.1. The lowest BCUT2D eigenvalue weighted by atomic mass is 10.2. The topological polar surface area (TPSA) is 52.3 Å². The number of hydrogen-bond acceptors (Lipinski definition) is 3. The third kappa shape index (κ3) is 5.87. The number of nitrogens with two attached hydrogens (primary N) is 1. The average molecular weight is 181 g/mol. The highest BCUT2D eigenvalue weighted by atomic mass is 16.5. The van der Waals surface area contributed by atoms with Crippen molar-refractivity contribution in [2.45, 2.75) is 6.92 Å². The van der Waals surface area contributed by atoms with Crippen LogP contribution in [0, 0.1) is 0 Å². The zero-order chi connectivity index (χ0) is 10.1. The minimum atomic E-state index is 0.657. The average Bonchev–Trinajstić information content (AvgIpc) is 2.19. The molecular formula is C10H15NO2. The van der Waals surface area contributed by atoms with E-state index in [1.807, 2.05) is 6.92 Å². The highest BCUT2D eigenvalue weighted by Gasteiger charge is 1.85. The molecule has 0 saturated carbocycles. The van der Waals surface area contributed by atoms with Gasteiger partial charge in [-0.2, -0.15) is 0 Å². The highest BCUT2D eigenvalue weighted by Crippen LogP contribution is 2.01. The molecule has 1 aromatic carbocycles. The van der Waals surface area contributed by atoms with Gasteiger partial charge in [-0.15, -0.1) is 0 Å². The summed E-state index contributed by atoms with van der Waals surface area (Å²) in [7, 11) is 1.68. The molecule has 0 atom stereocenters. The van der Waals surface area contributed by atoms with Gasteiger partial charge in [0.05, 0.1) is 0 Å². The number of rotatable bonds is 2. The quantitative estimate of drug-likeness (QED) is 0.558. The van der Waals surface area contributed by atoms with E-state index in [9.17, 15) is 4.79 Å². The fraction of sp³-hybridized carbons (Fsp3) is 0.300. The van der Waals surface area contributed by atoms with E-state index in [0.717, 1.165) is 12.9 Å². The van der Waals surface area contributed by atoms with Gasteiger partial charge in [0, 0.05) is 25.0 Å². The van der Waals surface area contributed by atoms with Crippen LogP contribution in [0.5, 0.6) is 0 Å². The summed E-state index contributed by atoms with van der Waals surface area (Å²) in [6.45, 7) is 2.78. The number of hydrogen-bond donors (Lipinski definition) is 1. The third-order valence-electron chi connectivity index (χ3n) is 1.36. The molecule has 0 aliphatic rings. The molecule has 0 spiro atoms. The Morgan fingerprint density at radius 1 is 1.38 bits per heavy atom. The van der Waals surface area contributed by atoms with Crippen LogP contribution in [0.3, 0.4) is 0 Å². The number of carbonyl (C=O) groups excluding carboxylic acids is 1. The zero-order valence-corrected chi connectivity index (χ0v) is 7.99. The lowest BCUT2D eigenvalue weighted by Crippen LogP contribution is -1.84. The number of benzene rings is 1. The molecule has 72 valence electrons. The van der Waals surface area contributed by atoms with E-state index in [4.69, 9.17) is 5.73 Å². The SMILES string of the molecule is CCOC.Nc1ccc(C=O)cc1. The number of nitrogen functional groups attached to an aromatic ring is 1. The summed E-state index contributed by atoms with van der Waals surface area (Å²) in [5, 5.41) is 0. The van der Waals surface area contributed by atoms with Crippen molar-refractivity contribution in [1.29, 1.82) is 0 Å².